The molecule has 0 aromatic carbocycles. The Morgan fingerprint density at radius 2 is 1.32 bits per heavy atom. The topological polar surface area (TPSA) is 0 Å². The van der Waals surface area contributed by atoms with Crippen LogP contribution in [0.5, 0.6) is 0 Å². The summed E-state index contributed by atoms with van der Waals surface area (Å²) in [5, 5.41) is 0. The largest absolute Gasteiger partial charge is 0.248 e. The highest BCUT2D eigenvalue weighted by Gasteiger charge is 2.35. The first-order chi connectivity index (χ1) is 8.93. The fraction of sp³-hybridized carbons (Fsp3) is 1.00. The van der Waals surface area contributed by atoms with Gasteiger partial charge in [-0.2, -0.15) is 0 Å². The second kappa shape index (κ2) is 10.6. The van der Waals surface area contributed by atoms with E-state index in [4.69, 9.17) is 0 Å². The van der Waals surface area contributed by atoms with E-state index in [0.29, 0.717) is 24.7 Å². The average molecular weight is 276 g/mol. The van der Waals surface area contributed by atoms with E-state index in [1.54, 1.807) is 0 Å². The van der Waals surface area contributed by atoms with Crippen LogP contribution >= 0.6 is 0 Å². The lowest BCUT2D eigenvalue weighted by molar-refractivity contribution is -0.0504. The fourth-order valence-electron chi connectivity index (χ4n) is 2.58. The van der Waals surface area contributed by atoms with E-state index in [9.17, 15) is 8.78 Å². The minimum Gasteiger partial charge on any atom is -0.207 e. The zero-order chi connectivity index (χ0) is 14.7. The molecule has 1 aliphatic carbocycles. The van der Waals surface area contributed by atoms with E-state index >= 15 is 0 Å². The molecule has 0 saturated heterocycles. The summed E-state index contributed by atoms with van der Waals surface area (Å²) in [7, 11) is 0. The Morgan fingerprint density at radius 1 is 0.895 bits per heavy atom. The highest BCUT2D eigenvalue weighted by Crippen LogP contribution is 2.38. The summed E-state index contributed by atoms with van der Waals surface area (Å²) in [6, 6.07) is 0. The van der Waals surface area contributed by atoms with Crippen LogP contribution in [0.15, 0.2) is 0 Å². The van der Waals surface area contributed by atoms with Gasteiger partial charge in [-0.3, -0.25) is 0 Å². The van der Waals surface area contributed by atoms with Crippen molar-refractivity contribution in [2.24, 2.45) is 11.8 Å². The molecule has 2 heteroatoms. The van der Waals surface area contributed by atoms with Crippen LogP contribution < -0.4 is 0 Å². The van der Waals surface area contributed by atoms with Gasteiger partial charge in [0.05, 0.1) is 0 Å². The molecule has 0 unspecified atom stereocenters. The van der Waals surface area contributed by atoms with Gasteiger partial charge in [0.25, 0.3) is 0 Å². The second-order valence-corrected chi connectivity index (χ2v) is 6.35. The van der Waals surface area contributed by atoms with E-state index in [1.807, 2.05) is 0 Å². The van der Waals surface area contributed by atoms with Crippen molar-refractivity contribution in [2.75, 3.05) is 0 Å². The highest BCUT2D eigenvalue weighted by atomic mass is 19.3. The second-order valence-electron chi connectivity index (χ2n) is 6.35. The summed E-state index contributed by atoms with van der Waals surface area (Å²) < 4.78 is 25.3. The van der Waals surface area contributed by atoms with Gasteiger partial charge in [0.2, 0.25) is 5.92 Å². The number of unbranched alkanes of at least 4 members (excludes halogenated alkanes) is 5. The molecular formula is C17H34F2. The Kier molecular flexibility index (Phi) is 10.5. The first-order valence-corrected chi connectivity index (χ1v) is 8.30. The summed E-state index contributed by atoms with van der Waals surface area (Å²) >= 11 is 0. The normalized spacial score (nSPS) is 19.1. The SMILES string of the molecule is CC(C)C1CCC(F)(F)CC1.CCCCCCCC. The van der Waals surface area contributed by atoms with Crippen molar-refractivity contribution in [1.29, 1.82) is 0 Å². The van der Waals surface area contributed by atoms with Gasteiger partial charge in [-0.15, -0.1) is 0 Å². The van der Waals surface area contributed by atoms with Crippen molar-refractivity contribution < 1.29 is 8.78 Å². The van der Waals surface area contributed by atoms with Gasteiger partial charge < -0.3 is 0 Å². The molecule has 0 atom stereocenters. The van der Waals surface area contributed by atoms with Crippen molar-refractivity contribution >= 4 is 0 Å². The molecule has 0 aliphatic heterocycles. The van der Waals surface area contributed by atoms with Gasteiger partial charge in [-0.05, 0) is 24.7 Å². The third-order valence-corrected chi connectivity index (χ3v) is 4.16. The smallest absolute Gasteiger partial charge is 0.207 e. The summed E-state index contributed by atoms with van der Waals surface area (Å²) in [5.74, 6) is -1.24. The minimum atomic E-state index is -2.36. The third kappa shape index (κ3) is 10.3. The number of hydrogen-bond acceptors (Lipinski definition) is 0. The monoisotopic (exact) mass is 276 g/mol. The number of alkyl halides is 2. The summed E-state index contributed by atoms with van der Waals surface area (Å²) in [6.07, 6.45) is 10.1. The molecule has 1 saturated carbocycles. The average Bonchev–Trinajstić information content (AvgIpc) is 2.35. The molecule has 0 spiro atoms. The molecule has 0 heterocycles. The lowest BCUT2D eigenvalue weighted by atomic mass is 9.80. The van der Waals surface area contributed by atoms with E-state index in [0.717, 1.165) is 0 Å². The Hall–Kier alpha value is -0.140. The van der Waals surface area contributed by atoms with E-state index in [1.165, 1.54) is 38.5 Å². The zero-order valence-electron chi connectivity index (χ0n) is 13.5. The Morgan fingerprint density at radius 3 is 1.63 bits per heavy atom. The van der Waals surface area contributed by atoms with Gasteiger partial charge in [0, 0.05) is 12.8 Å². The van der Waals surface area contributed by atoms with Crippen LogP contribution in [-0.2, 0) is 0 Å². The van der Waals surface area contributed by atoms with Crippen LogP contribution in [0.25, 0.3) is 0 Å². The summed E-state index contributed by atoms with van der Waals surface area (Å²) in [4.78, 5) is 0. The van der Waals surface area contributed by atoms with Crippen LogP contribution in [0.4, 0.5) is 8.78 Å². The number of rotatable bonds is 6. The van der Waals surface area contributed by atoms with Crippen molar-refractivity contribution in [2.45, 2.75) is 97.8 Å². The zero-order valence-corrected chi connectivity index (χ0v) is 13.5. The number of halogens is 2. The first kappa shape index (κ1) is 18.9. The summed E-state index contributed by atoms with van der Waals surface area (Å²) in [6.45, 7) is 8.75. The van der Waals surface area contributed by atoms with Crippen LogP contribution in [0.1, 0.15) is 91.9 Å². The molecule has 0 amide bonds. The molecule has 0 bridgehead atoms. The van der Waals surface area contributed by atoms with Gasteiger partial charge >= 0.3 is 0 Å². The van der Waals surface area contributed by atoms with Crippen molar-refractivity contribution in [1.82, 2.24) is 0 Å². The highest BCUT2D eigenvalue weighted by molar-refractivity contribution is 4.78. The molecule has 0 N–H and O–H groups in total. The third-order valence-electron chi connectivity index (χ3n) is 4.16. The van der Waals surface area contributed by atoms with Crippen molar-refractivity contribution in [3.05, 3.63) is 0 Å². The van der Waals surface area contributed by atoms with E-state index in [-0.39, 0.29) is 12.8 Å². The molecule has 116 valence electrons. The van der Waals surface area contributed by atoms with E-state index in [2.05, 4.69) is 27.7 Å². The standard InChI is InChI=1S/C9H16F2.C8H18/c1-7(2)8-3-5-9(10,11)6-4-8;1-3-5-7-8-6-4-2/h7-8H,3-6H2,1-2H3;3-8H2,1-2H3. The van der Waals surface area contributed by atoms with E-state index < -0.39 is 5.92 Å². The predicted octanol–water partition coefficient (Wildman–Crippen LogP) is 6.83. The maximum absolute atomic E-state index is 12.6. The van der Waals surface area contributed by atoms with Crippen LogP contribution in [0.2, 0.25) is 0 Å². The van der Waals surface area contributed by atoms with Gasteiger partial charge in [0.15, 0.2) is 0 Å². The van der Waals surface area contributed by atoms with Crippen LogP contribution in [-0.4, -0.2) is 5.92 Å². The summed E-state index contributed by atoms with van der Waals surface area (Å²) in [5.41, 5.74) is 0. The van der Waals surface area contributed by atoms with Crippen LogP contribution in [0, 0.1) is 11.8 Å². The molecule has 0 radical (unpaired) electrons. The molecule has 0 aromatic rings. The number of hydrogen-bond donors (Lipinski definition) is 0. The van der Waals surface area contributed by atoms with Crippen molar-refractivity contribution in [3.8, 4) is 0 Å². The maximum atomic E-state index is 12.6. The Labute approximate surface area is 119 Å². The predicted molar refractivity (Wildman–Crippen MR) is 80.8 cm³/mol. The molecule has 1 rings (SSSR count). The van der Waals surface area contributed by atoms with Gasteiger partial charge in [0.1, 0.15) is 0 Å². The molecule has 19 heavy (non-hydrogen) atoms. The van der Waals surface area contributed by atoms with Crippen LogP contribution in [0.3, 0.4) is 0 Å². The Balaban J connectivity index is 0.000000362. The molecule has 1 fully saturated rings. The lowest BCUT2D eigenvalue weighted by Crippen LogP contribution is -2.26. The molecular weight excluding hydrogens is 242 g/mol. The van der Waals surface area contributed by atoms with Crippen molar-refractivity contribution in [3.63, 3.8) is 0 Å². The van der Waals surface area contributed by atoms with Gasteiger partial charge in [-0.25, -0.2) is 8.78 Å². The molecule has 0 aromatic heterocycles. The lowest BCUT2D eigenvalue weighted by Gasteiger charge is -2.30. The fourth-order valence-corrected chi connectivity index (χ4v) is 2.58. The molecule has 0 nitrogen and oxygen atoms in total. The minimum absolute atomic E-state index is 0.107. The van der Waals surface area contributed by atoms with Gasteiger partial charge in [-0.1, -0.05) is 66.2 Å². The maximum Gasteiger partial charge on any atom is 0.248 e. The quantitative estimate of drug-likeness (QED) is 0.466. The molecule has 1 aliphatic rings. The Bertz CT molecular complexity index is 183. The first-order valence-electron chi connectivity index (χ1n) is 8.30.